The topological polar surface area (TPSA) is 75.8 Å². The summed E-state index contributed by atoms with van der Waals surface area (Å²) in [6.07, 6.45) is 6.10. The molecule has 1 saturated carbocycles. The highest BCUT2D eigenvalue weighted by molar-refractivity contribution is 7.98. The molecule has 0 amide bonds. The van der Waals surface area contributed by atoms with Crippen molar-refractivity contribution in [2.75, 3.05) is 12.4 Å². The van der Waals surface area contributed by atoms with Gasteiger partial charge in [0.25, 0.3) is 0 Å². The van der Waals surface area contributed by atoms with Crippen LogP contribution in [0.25, 0.3) is 0 Å². The van der Waals surface area contributed by atoms with Crippen LogP contribution in [0.15, 0.2) is 53.7 Å². The van der Waals surface area contributed by atoms with Gasteiger partial charge in [-0.05, 0) is 36.6 Å². The number of thioether (sulfide) groups is 1. The van der Waals surface area contributed by atoms with Gasteiger partial charge in [0, 0.05) is 23.5 Å². The Hall–Kier alpha value is -2.98. The second-order valence-corrected chi connectivity index (χ2v) is 8.65. The fraction of sp³-hybridized carbons (Fsp3) is 0.375. The lowest BCUT2D eigenvalue weighted by atomic mass is 9.95. The van der Waals surface area contributed by atoms with E-state index < -0.39 is 0 Å². The Morgan fingerprint density at radius 3 is 2.77 bits per heavy atom. The molecule has 0 spiro atoms. The Morgan fingerprint density at radius 2 is 1.97 bits per heavy atom. The highest BCUT2D eigenvalue weighted by atomic mass is 32.2. The van der Waals surface area contributed by atoms with Gasteiger partial charge in [-0.1, -0.05) is 55.3 Å². The molecule has 1 aliphatic rings. The molecule has 1 N–H and O–H groups in total. The molecule has 1 fully saturated rings. The Balaban J connectivity index is 1.54. The van der Waals surface area contributed by atoms with Crippen molar-refractivity contribution < 1.29 is 4.74 Å². The second-order valence-electron chi connectivity index (χ2n) is 7.70. The van der Waals surface area contributed by atoms with Crippen LogP contribution in [0.2, 0.25) is 0 Å². The Kier molecular flexibility index (Phi) is 7.11. The zero-order valence-corrected chi connectivity index (χ0v) is 18.6. The number of nitrogens with zero attached hydrogens (tertiary/aromatic N) is 4. The van der Waals surface area contributed by atoms with Gasteiger partial charge in [0.2, 0.25) is 0 Å². The Labute approximate surface area is 187 Å². The molecule has 0 unspecified atom stereocenters. The van der Waals surface area contributed by atoms with E-state index in [0.29, 0.717) is 18.3 Å². The van der Waals surface area contributed by atoms with Gasteiger partial charge in [0.05, 0.1) is 25.3 Å². The zero-order chi connectivity index (χ0) is 21.5. The van der Waals surface area contributed by atoms with Gasteiger partial charge < -0.3 is 14.6 Å². The highest BCUT2D eigenvalue weighted by Gasteiger charge is 2.23. The van der Waals surface area contributed by atoms with Crippen LogP contribution in [0.1, 0.15) is 55.1 Å². The van der Waals surface area contributed by atoms with E-state index in [1.165, 1.54) is 19.3 Å². The monoisotopic (exact) mass is 433 g/mol. The lowest BCUT2D eigenvalue weighted by molar-refractivity contribution is 0.330. The first-order chi connectivity index (χ1) is 15.3. The van der Waals surface area contributed by atoms with Gasteiger partial charge in [0.15, 0.2) is 11.0 Å². The minimum absolute atomic E-state index is 0.430. The molecule has 1 aliphatic carbocycles. The molecule has 31 heavy (non-hydrogen) atoms. The number of nitrogens with one attached hydrogen (secondary N) is 1. The van der Waals surface area contributed by atoms with Crippen LogP contribution in [-0.2, 0) is 12.3 Å². The zero-order valence-electron chi connectivity index (χ0n) is 17.8. The normalized spacial score (nSPS) is 14.2. The molecule has 0 aliphatic heterocycles. The smallest absolute Gasteiger partial charge is 0.191 e. The minimum atomic E-state index is 0.430. The van der Waals surface area contributed by atoms with Crippen molar-refractivity contribution in [2.24, 2.45) is 0 Å². The third-order valence-corrected chi connectivity index (χ3v) is 6.68. The van der Waals surface area contributed by atoms with Crippen molar-refractivity contribution in [2.45, 2.75) is 55.6 Å². The second kappa shape index (κ2) is 10.4. The quantitative estimate of drug-likeness (QED) is 0.468. The third kappa shape index (κ3) is 5.20. The van der Waals surface area contributed by atoms with E-state index in [4.69, 9.17) is 4.74 Å². The van der Waals surface area contributed by atoms with Gasteiger partial charge in [-0.25, -0.2) is 0 Å². The number of nitriles is 1. The maximum atomic E-state index is 9.38. The third-order valence-electron chi connectivity index (χ3n) is 5.69. The van der Waals surface area contributed by atoms with Crippen LogP contribution in [0, 0.1) is 11.3 Å². The largest absolute Gasteiger partial charge is 0.497 e. The van der Waals surface area contributed by atoms with Gasteiger partial charge in [0.1, 0.15) is 5.75 Å². The van der Waals surface area contributed by atoms with Gasteiger partial charge in [-0.15, -0.1) is 10.2 Å². The SMILES string of the molecule is COc1cccc(NCc2nnc(SCc3ccccc3C#N)n2C2CCCCC2)c1. The molecule has 3 aromatic rings. The lowest BCUT2D eigenvalue weighted by Crippen LogP contribution is -2.18. The van der Waals surface area contributed by atoms with Crippen molar-refractivity contribution in [3.63, 3.8) is 0 Å². The fourth-order valence-corrected chi connectivity index (χ4v) is 5.07. The molecule has 0 saturated heterocycles. The number of aromatic nitrogens is 3. The van der Waals surface area contributed by atoms with Gasteiger partial charge >= 0.3 is 0 Å². The molecule has 4 rings (SSSR count). The first-order valence-corrected chi connectivity index (χ1v) is 11.7. The van der Waals surface area contributed by atoms with Crippen molar-refractivity contribution in [1.82, 2.24) is 14.8 Å². The van der Waals surface area contributed by atoms with E-state index in [0.717, 1.165) is 46.4 Å². The minimum Gasteiger partial charge on any atom is -0.497 e. The van der Waals surface area contributed by atoms with Crippen molar-refractivity contribution in [3.8, 4) is 11.8 Å². The number of methoxy groups -OCH3 is 1. The summed E-state index contributed by atoms with van der Waals surface area (Å²) >= 11 is 1.66. The number of benzene rings is 2. The number of rotatable bonds is 8. The predicted molar refractivity (Wildman–Crippen MR) is 123 cm³/mol. The standard InChI is InChI=1S/C24H27N5OS/c1-30-22-13-7-10-20(14-22)26-16-23-27-28-24(29(23)21-11-3-2-4-12-21)31-17-19-9-6-5-8-18(19)15-25/h5-10,13-14,21,26H,2-4,11-12,16-17H2,1H3. The molecule has 1 heterocycles. The average molecular weight is 434 g/mol. The van der Waals surface area contributed by atoms with Gasteiger partial charge in [-0.2, -0.15) is 5.26 Å². The first-order valence-electron chi connectivity index (χ1n) is 10.7. The maximum absolute atomic E-state index is 9.38. The molecular formula is C24H27N5OS. The molecule has 0 bridgehead atoms. The summed E-state index contributed by atoms with van der Waals surface area (Å²) in [4.78, 5) is 0. The number of ether oxygens (including phenoxy) is 1. The molecule has 0 atom stereocenters. The number of hydrogen-bond acceptors (Lipinski definition) is 6. The van der Waals surface area contributed by atoms with E-state index in [1.807, 2.05) is 48.5 Å². The van der Waals surface area contributed by atoms with Crippen LogP contribution in [0.4, 0.5) is 5.69 Å². The summed E-state index contributed by atoms with van der Waals surface area (Å²) in [6.45, 7) is 0.603. The van der Waals surface area contributed by atoms with Crippen LogP contribution in [0.3, 0.4) is 0 Å². The average Bonchev–Trinajstić information content (AvgIpc) is 3.25. The van der Waals surface area contributed by atoms with E-state index in [2.05, 4.69) is 26.2 Å². The molecule has 1 aromatic heterocycles. The Bertz CT molecular complexity index is 1050. The number of anilines is 1. The summed E-state index contributed by atoms with van der Waals surface area (Å²) < 4.78 is 7.65. The molecule has 160 valence electrons. The van der Waals surface area contributed by atoms with E-state index >= 15 is 0 Å². The molecule has 2 aromatic carbocycles. The summed E-state index contributed by atoms with van der Waals surface area (Å²) in [5.74, 6) is 2.48. The fourth-order valence-electron chi connectivity index (χ4n) is 4.04. The van der Waals surface area contributed by atoms with Crippen LogP contribution >= 0.6 is 11.8 Å². The van der Waals surface area contributed by atoms with E-state index in [9.17, 15) is 5.26 Å². The highest BCUT2D eigenvalue weighted by Crippen LogP contribution is 2.34. The molecule has 7 heteroatoms. The van der Waals surface area contributed by atoms with Crippen molar-refractivity contribution in [3.05, 3.63) is 65.5 Å². The first kappa shape index (κ1) is 21.3. The summed E-state index contributed by atoms with van der Waals surface area (Å²) in [5.41, 5.74) is 2.75. The molecule has 0 radical (unpaired) electrons. The van der Waals surface area contributed by atoms with E-state index in [-0.39, 0.29) is 0 Å². The summed E-state index contributed by atoms with van der Waals surface area (Å²) in [5, 5.41) is 22.9. The summed E-state index contributed by atoms with van der Waals surface area (Å²) in [6, 6.07) is 18.4. The van der Waals surface area contributed by atoms with Crippen LogP contribution in [-0.4, -0.2) is 21.9 Å². The number of hydrogen-bond donors (Lipinski definition) is 1. The Morgan fingerprint density at radius 1 is 1.13 bits per heavy atom. The molecule has 6 nitrogen and oxygen atoms in total. The van der Waals surface area contributed by atoms with E-state index in [1.54, 1.807) is 18.9 Å². The van der Waals surface area contributed by atoms with Crippen molar-refractivity contribution >= 4 is 17.4 Å². The maximum Gasteiger partial charge on any atom is 0.191 e. The predicted octanol–water partition coefficient (Wildman–Crippen LogP) is 5.57. The van der Waals surface area contributed by atoms with Crippen LogP contribution in [0.5, 0.6) is 5.75 Å². The molecular weight excluding hydrogens is 406 g/mol. The summed E-state index contributed by atoms with van der Waals surface area (Å²) in [7, 11) is 1.67. The van der Waals surface area contributed by atoms with Crippen molar-refractivity contribution in [1.29, 1.82) is 5.26 Å². The van der Waals surface area contributed by atoms with Gasteiger partial charge in [-0.3, -0.25) is 0 Å². The lowest BCUT2D eigenvalue weighted by Gasteiger charge is -2.25. The van der Waals surface area contributed by atoms with Crippen LogP contribution < -0.4 is 10.1 Å².